The minimum absolute atomic E-state index is 0.0650. The molecule has 1 rings (SSSR count). The normalized spacial score (nSPS) is 10.3. The summed E-state index contributed by atoms with van der Waals surface area (Å²) in [6.07, 6.45) is 2.03. The van der Waals surface area contributed by atoms with Gasteiger partial charge in [-0.05, 0) is 43.5 Å². The number of hydrogen-bond acceptors (Lipinski definition) is 2. The van der Waals surface area contributed by atoms with E-state index in [0.29, 0.717) is 25.9 Å². The van der Waals surface area contributed by atoms with Crippen LogP contribution in [0.3, 0.4) is 0 Å². The zero-order valence-electron chi connectivity index (χ0n) is 10.1. The van der Waals surface area contributed by atoms with Crippen LogP contribution < -0.4 is 11.1 Å². The molecule has 0 aliphatic carbocycles. The second-order valence-electron chi connectivity index (χ2n) is 4.08. The summed E-state index contributed by atoms with van der Waals surface area (Å²) in [5.41, 5.74) is 7.49. The van der Waals surface area contributed by atoms with E-state index in [2.05, 4.69) is 5.32 Å². The Kier molecular flexibility index (Phi) is 6.01. The fourth-order valence-electron chi connectivity index (χ4n) is 1.47. The van der Waals surface area contributed by atoms with Crippen molar-refractivity contribution in [3.63, 3.8) is 0 Å². The van der Waals surface area contributed by atoms with Gasteiger partial charge in [0.15, 0.2) is 0 Å². The number of benzene rings is 1. The molecule has 17 heavy (non-hydrogen) atoms. The fourth-order valence-corrected chi connectivity index (χ4v) is 1.67. The van der Waals surface area contributed by atoms with E-state index in [4.69, 9.17) is 17.3 Å². The van der Waals surface area contributed by atoms with E-state index in [-0.39, 0.29) is 5.91 Å². The predicted molar refractivity (Wildman–Crippen MR) is 71.2 cm³/mol. The first-order valence-corrected chi connectivity index (χ1v) is 6.23. The summed E-state index contributed by atoms with van der Waals surface area (Å²) < 4.78 is 0. The Labute approximate surface area is 107 Å². The standard InChI is InChI=1S/C13H19ClN2O/c1-10-3-4-11(9-12(10)14)5-6-13(17)16-8-2-7-15/h3-4,9H,2,5-8,15H2,1H3,(H,16,17). The maximum absolute atomic E-state index is 11.5. The van der Waals surface area contributed by atoms with Gasteiger partial charge in [0.25, 0.3) is 0 Å². The van der Waals surface area contributed by atoms with Crippen molar-refractivity contribution in [2.75, 3.05) is 13.1 Å². The summed E-state index contributed by atoms with van der Waals surface area (Å²) >= 11 is 6.02. The smallest absolute Gasteiger partial charge is 0.220 e. The molecule has 0 bridgehead atoms. The van der Waals surface area contributed by atoms with Gasteiger partial charge in [-0.1, -0.05) is 23.7 Å². The Morgan fingerprint density at radius 1 is 1.47 bits per heavy atom. The van der Waals surface area contributed by atoms with E-state index in [0.717, 1.165) is 22.6 Å². The summed E-state index contributed by atoms with van der Waals surface area (Å²) in [4.78, 5) is 11.5. The third-order valence-corrected chi connectivity index (χ3v) is 2.99. The quantitative estimate of drug-likeness (QED) is 0.764. The van der Waals surface area contributed by atoms with Crippen molar-refractivity contribution in [2.24, 2.45) is 5.73 Å². The molecule has 0 saturated carbocycles. The minimum Gasteiger partial charge on any atom is -0.356 e. The fraction of sp³-hybridized carbons (Fsp3) is 0.462. The van der Waals surface area contributed by atoms with Crippen molar-refractivity contribution in [3.05, 3.63) is 34.3 Å². The number of carbonyl (C=O) groups is 1. The SMILES string of the molecule is Cc1ccc(CCC(=O)NCCCN)cc1Cl. The lowest BCUT2D eigenvalue weighted by molar-refractivity contribution is -0.121. The van der Waals surface area contributed by atoms with Crippen LogP contribution in [0.4, 0.5) is 0 Å². The zero-order valence-corrected chi connectivity index (χ0v) is 10.9. The van der Waals surface area contributed by atoms with Gasteiger partial charge in [-0.15, -0.1) is 0 Å². The topological polar surface area (TPSA) is 55.1 Å². The second-order valence-corrected chi connectivity index (χ2v) is 4.48. The number of nitrogens with two attached hydrogens (primary N) is 1. The lowest BCUT2D eigenvalue weighted by atomic mass is 10.1. The molecule has 0 heterocycles. The van der Waals surface area contributed by atoms with E-state index >= 15 is 0 Å². The third kappa shape index (κ3) is 5.20. The Hall–Kier alpha value is -1.06. The first-order chi connectivity index (χ1) is 8.13. The van der Waals surface area contributed by atoms with Gasteiger partial charge in [0.1, 0.15) is 0 Å². The first-order valence-electron chi connectivity index (χ1n) is 5.85. The highest BCUT2D eigenvalue weighted by Gasteiger charge is 2.03. The average Bonchev–Trinajstić information content (AvgIpc) is 2.31. The highest BCUT2D eigenvalue weighted by Crippen LogP contribution is 2.17. The molecule has 1 aromatic carbocycles. The molecule has 0 unspecified atom stereocenters. The van der Waals surface area contributed by atoms with E-state index in [1.54, 1.807) is 0 Å². The van der Waals surface area contributed by atoms with Gasteiger partial charge in [-0.2, -0.15) is 0 Å². The highest BCUT2D eigenvalue weighted by atomic mass is 35.5. The molecular formula is C13H19ClN2O. The van der Waals surface area contributed by atoms with Crippen LogP contribution >= 0.6 is 11.6 Å². The molecule has 0 fully saturated rings. The molecule has 0 aliphatic heterocycles. The highest BCUT2D eigenvalue weighted by molar-refractivity contribution is 6.31. The summed E-state index contributed by atoms with van der Waals surface area (Å²) in [6, 6.07) is 5.91. The molecule has 94 valence electrons. The minimum atomic E-state index is 0.0650. The van der Waals surface area contributed by atoms with Crippen molar-refractivity contribution in [3.8, 4) is 0 Å². The van der Waals surface area contributed by atoms with Crippen molar-refractivity contribution < 1.29 is 4.79 Å². The molecule has 0 radical (unpaired) electrons. The molecule has 3 nitrogen and oxygen atoms in total. The maximum atomic E-state index is 11.5. The van der Waals surface area contributed by atoms with E-state index in [1.165, 1.54) is 0 Å². The zero-order chi connectivity index (χ0) is 12.7. The van der Waals surface area contributed by atoms with Crippen LogP contribution in [0.15, 0.2) is 18.2 Å². The van der Waals surface area contributed by atoms with Crippen LogP contribution in [-0.4, -0.2) is 19.0 Å². The van der Waals surface area contributed by atoms with Crippen LogP contribution in [0.5, 0.6) is 0 Å². The number of hydrogen-bond donors (Lipinski definition) is 2. The van der Waals surface area contributed by atoms with Crippen molar-refractivity contribution in [2.45, 2.75) is 26.2 Å². The van der Waals surface area contributed by atoms with Gasteiger partial charge in [-0.25, -0.2) is 0 Å². The maximum Gasteiger partial charge on any atom is 0.220 e. The van der Waals surface area contributed by atoms with Crippen LogP contribution in [-0.2, 0) is 11.2 Å². The molecule has 0 aliphatic rings. The number of amides is 1. The molecule has 0 spiro atoms. The molecular weight excluding hydrogens is 236 g/mol. The second kappa shape index (κ2) is 7.30. The third-order valence-electron chi connectivity index (χ3n) is 2.58. The monoisotopic (exact) mass is 254 g/mol. The Morgan fingerprint density at radius 2 is 2.24 bits per heavy atom. The summed E-state index contributed by atoms with van der Waals surface area (Å²) in [6.45, 7) is 3.23. The first kappa shape index (κ1) is 14.0. The summed E-state index contributed by atoms with van der Waals surface area (Å²) in [7, 11) is 0. The molecule has 1 amide bonds. The lowest BCUT2D eigenvalue weighted by Gasteiger charge is -2.05. The van der Waals surface area contributed by atoms with Gasteiger partial charge in [0.2, 0.25) is 5.91 Å². The van der Waals surface area contributed by atoms with E-state index < -0.39 is 0 Å². The summed E-state index contributed by atoms with van der Waals surface area (Å²) in [5, 5.41) is 3.58. The van der Waals surface area contributed by atoms with E-state index in [9.17, 15) is 4.79 Å². The Balaban J connectivity index is 2.34. The van der Waals surface area contributed by atoms with Crippen LogP contribution in [0.1, 0.15) is 24.0 Å². The number of nitrogens with one attached hydrogen (secondary N) is 1. The lowest BCUT2D eigenvalue weighted by Crippen LogP contribution is -2.26. The Morgan fingerprint density at radius 3 is 2.88 bits per heavy atom. The van der Waals surface area contributed by atoms with Gasteiger partial charge >= 0.3 is 0 Å². The average molecular weight is 255 g/mol. The molecule has 4 heteroatoms. The number of rotatable bonds is 6. The molecule has 3 N–H and O–H groups in total. The number of aryl methyl sites for hydroxylation is 2. The van der Waals surface area contributed by atoms with Crippen molar-refractivity contribution >= 4 is 17.5 Å². The summed E-state index contributed by atoms with van der Waals surface area (Å²) in [5.74, 6) is 0.0650. The van der Waals surface area contributed by atoms with Crippen LogP contribution in [0.2, 0.25) is 5.02 Å². The molecule has 1 aromatic rings. The number of carbonyl (C=O) groups excluding carboxylic acids is 1. The Bertz CT molecular complexity index is 380. The van der Waals surface area contributed by atoms with Crippen LogP contribution in [0.25, 0.3) is 0 Å². The molecule has 0 atom stereocenters. The van der Waals surface area contributed by atoms with E-state index in [1.807, 2.05) is 25.1 Å². The predicted octanol–water partition coefficient (Wildman–Crippen LogP) is 2.05. The van der Waals surface area contributed by atoms with Crippen molar-refractivity contribution in [1.82, 2.24) is 5.32 Å². The van der Waals surface area contributed by atoms with Crippen molar-refractivity contribution in [1.29, 1.82) is 0 Å². The molecule has 0 aromatic heterocycles. The van der Waals surface area contributed by atoms with Gasteiger partial charge in [0.05, 0.1) is 0 Å². The number of halogens is 1. The van der Waals surface area contributed by atoms with Gasteiger partial charge < -0.3 is 11.1 Å². The van der Waals surface area contributed by atoms with Gasteiger partial charge in [-0.3, -0.25) is 4.79 Å². The largest absolute Gasteiger partial charge is 0.356 e. The van der Waals surface area contributed by atoms with Gasteiger partial charge in [0, 0.05) is 18.0 Å². The van der Waals surface area contributed by atoms with Crippen LogP contribution in [0, 0.1) is 6.92 Å². The molecule has 0 saturated heterocycles.